The summed E-state index contributed by atoms with van der Waals surface area (Å²) in [5.74, 6) is 0. The molecule has 1 fully saturated rings. The van der Waals surface area contributed by atoms with Crippen LogP contribution in [0.5, 0.6) is 0 Å². The molecule has 0 unspecified atom stereocenters. The van der Waals surface area contributed by atoms with Crippen LogP contribution in [0.4, 0.5) is 5.69 Å². The summed E-state index contributed by atoms with van der Waals surface area (Å²) >= 11 is 5.66. The van der Waals surface area contributed by atoms with Crippen LogP contribution in [0.1, 0.15) is 29.7 Å². The SMILES string of the molecule is Cc1ccc(C)c(NC(=S)N[C@H](C)[C@@H](c2ccccc2)N2CCN(C)CC2)c1. The van der Waals surface area contributed by atoms with E-state index in [1.807, 2.05) is 0 Å². The van der Waals surface area contributed by atoms with E-state index in [4.69, 9.17) is 12.2 Å². The summed E-state index contributed by atoms with van der Waals surface area (Å²) < 4.78 is 0. The van der Waals surface area contributed by atoms with E-state index in [9.17, 15) is 0 Å². The Labute approximate surface area is 174 Å². The van der Waals surface area contributed by atoms with E-state index in [0.717, 1.165) is 31.9 Å². The first kappa shape index (κ1) is 20.8. The van der Waals surface area contributed by atoms with Gasteiger partial charge in [0.2, 0.25) is 0 Å². The summed E-state index contributed by atoms with van der Waals surface area (Å²) in [6, 6.07) is 17.6. The molecule has 0 bridgehead atoms. The highest BCUT2D eigenvalue weighted by molar-refractivity contribution is 7.80. The van der Waals surface area contributed by atoms with Crippen LogP contribution in [0.2, 0.25) is 0 Å². The normalized spacial score (nSPS) is 17.7. The molecule has 2 N–H and O–H groups in total. The van der Waals surface area contributed by atoms with Crippen molar-refractivity contribution < 1.29 is 0 Å². The van der Waals surface area contributed by atoms with Crippen molar-refractivity contribution in [1.82, 2.24) is 15.1 Å². The Morgan fingerprint density at radius 2 is 1.68 bits per heavy atom. The number of hydrogen-bond donors (Lipinski definition) is 2. The molecule has 0 aromatic heterocycles. The number of thiocarbonyl (C=S) groups is 1. The topological polar surface area (TPSA) is 30.5 Å². The molecule has 1 heterocycles. The summed E-state index contributed by atoms with van der Waals surface area (Å²) in [4.78, 5) is 4.97. The van der Waals surface area contributed by atoms with Gasteiger partial charge < -0.3 is 15.5 Å². The fraction of sp³-hybridized carbons (Fsp3) is 0.435. The molecular weight excluding hydrogens is 364 g/mol. The predicted octanol–water partition coefficient (Wildman–Crippen LogP) is 3.97. The molecule has 0 radical (unpaired) electrons. The number of nitrogens with zero attached hydrogens (tertiary/aromatic N) is 2. The molecule has 150 valence electrons. The third-order valence-corrected chi connectivity index (χ3v) is 5.77. The van der Waals surface area contributed by atoms with Gasteiger partial charge in [-0.05, 0) is 62.8 Å². The third kappa shape index (κ3) is 5.31. The van der Waals surface area contributed by atoms with Crippen molar-refractivity contribution in [3.63, 3.8) is 0 Å². The van der Waals surface area contributed by atoms with Crippen LogP contribution in [-0.2, 0) is 0 Å². The molecule has 28 heavy (non-hydrogen) atoms. The Hall–Kier alpha value is -1.95. The summed E-state index contributed by atoms with van der Waals surface area (Å²) in [5, 5.41) is 7.62. The molecule has 5 heteroatoms. The quantitative estimate of drug-likeness (QED) is 0.747. The summed E-state index contributed by atoms with van der Waals surface area (Å²) in [5.41, 5.74) is 4.83. The van der Waals surface area contributed by atoms with Gasteiger partial charge in [-0.15, -0.1) is 0 Å². The van der Waals surface area contributed by atoms with Crippen LogP contribution in [-0.4, -0.2) is 54.2 Å². The maximum Gasteiger partial charge on any atom is 0.171 e. The maximum absolute atomic E-state index is 5.66. The van der Waals surface area contributed by atoms with Crippen molar-refractivity contribution in [3.05, 3.63) is 65.2 Å². The minimum atomic E-state index is 0.191. The average Bonchev–Trinajstić information content (AvgIpc) is 2.67. The van der Waals surface area contributed by atoms with Crippen molar-refractivity contribution in [1.29, 1.82) is 0 Å². The molecule has 2 atom stereocenters. The molecule has 0 amide bonds. The van der Waals surface area contributed by atoms with Crippen molar-refractivity contribution in [3.8, 4) is 0 Å². The number of nitrogens with one attached hydrogen (secondary N) is 2. The zero-order valence-electron chi connectivity index (χ0n) is 17.4. The first-order valence-corrected chi connectivity index (χ1v) is 10.5. The van der Waals surface area contributed by atoms with E-state index < -0.39 is 0 Å². The number of benzene rings is 2. The van der Waals surface area contributed by atoms with Gasteiger partial charge in [-0.3, -0.25) is 4.90 Å². The van der Waals surface area contributed by atoms with Crippen LogP contribution in [0, 0.1) is 13.8 Å². The Kier molecular flexibility index (Phi) is 7.05. The lowest BCUT2D eigenvalue weighted by Gasteiger charge is -2.41. The van der Waals surface area contributed by atoms with Crippen LogP contribution >= 0.6 is 12.2 Å². The highest BCUT2D eigenvalue weighted by atomic mass is 32.1. The van der Waals surface area contributed by atoms with E-state index in [1.54, 1.807) is 0 Å². The number of rotatable bonds is 5. The Bertz CT molecular complexity index is 784. The van der Waals surface area contributed by atoms with Gasteiger partial charge in [0.1, 0.15) is 0 Å². The van der Waals surface area contributed by atoms with E-state index in [2.05, 4.69) is 96.8 Å². The van der Waals surface area contributed by atoms with Gasteiger partial charge >= 0.3 is 0 Å². The van der Waals surface area contributed by atoms with Crippen LogP contribution in [0.3, 0.4) is 0 Å². The highest BCUT2D eigenvalue weighted by Gasteiger charge is 2.28. The lowest BCUT2D eigenvalue weighted by atomic mass is 9.98. The van der Waals surface area contributed by atoms with E-state index >= 15 is 0 Å². The van der Waals surface area contributed by atoms with Crippen molar-refractivity contribution in [2.45, 2.75) is 32.9 Å². The summed E-state index contributed by atoms with van der Waals surface area (Å²) in [7, 11) is 2.19. The largest absolute Gasteiger partial charge is 0.358 e. The van der Waals surface area contributed by atoms with E-state index in [0.29, 0.717) is 5.11 Å². The zero-order valence-corrected chi connectivity index (χ0v) is 18.2. The molecule has 3 rings (SSSR count). The molecule has 2 aromatic rings. The second-order valence-corrected chi connectivity index (χ2v) is 8.31. The molecule has 4 nitrogen and oxygen atoms in total. The molecule has 1 aliphatic heterocycles. The molecule has 1 aliphatic rings. The van der Waals surface area contributed by atoms with E-state index in [-0.39, 0.29) is 12.1 Å². The van der Waals surface area contributed by atoms with Crippen LogP contribution < -0.4 is 10.6 Å². The van der Waals surface area contributed by atoms with E-state index in [1.165, 1.54) is 16.7 Å². The fourth-order valence-electron chi connectivity index (χ4n) is 3.88. The lowest BCUT2D eigenvalue weighted by Crippen LogP contribution is -2.52. The second-order valence-electron chi connectivity index (χ2n) is 7.90. The third-order valence-electron chi connectivity index (χ3n) is 5.55. The average molecular weight is 397 g/mol. The minimum absolute atomic E-state index is 0.191. The van der Waals surface area contributed by atoms with Gasteiger partial charge in [0.05, 0.1) is 6.04 Å². The minimum Gasteiger partial charge on any atom is -0.358 e. The lowest BCUT2D eigenvalue weighted by molar-refractivity contribution is 0.0973. The number of piperazine rings is 1. The molecule has 0 spiro atoms. The Morgan fingerprint density at radius 3 is 2.36 bits per heavy atom. The smallest absolute Gasteiger partial charge is 0.171 e. The number of anilines is 1. The van der Waals surface area contributed by atoms with Gasteiger partial charge in [0.15, 0.2) is 5.11 Å². The molecule has 1 saturated heterocycles. The molecule has 0 saturated carbocycles. The Morgan fingerprint density at radius 1 is 1.00 bits per heavy atom. The summed E-state index contributed by atoms with van der Waals surface area (Å²) in [6.45, 7) is 10.8. The van der Waals surface area contributed by atoms with Crippen molar-refractivity contribution >= 4 is 23.0 Å². The van der Waals surface area contributed by atoms with Gasteiger partial charge in [-0.25, -0.2) is 0 Å². The highest BCUT2D eigenvalue weighted by Crippen LogP contribution is 2.26. The fourth-order valence-corrected chi connectivity index (χ4v) is 4.18. The predicted molar refractivity (Wildman–Crippen MR) is 123 cm³/mol. The zero-order chi connectivity index (χ0) is 20.1. The second kappa shape index (κ2) is 9.50. The van der Waals surface area contributed by atoms with Crippen molar-refractivity contribution in [2.24, 2.45) is 0 Å². The standard InChI is InChI=1S/C23H32N4S/c1-17-10-11-18(2)21(16-17)25-23(28)24-19(3)22(20-8-6-5-7-9-20)27-14-12-26(4)13-15-27/h5-11,16,19,22H,12-15H2,1-4H3,(H2,24,25,28)/t19-,22+/m1/s1. The van der Waals surface area contributed by atoms with Crippen LogP contribution in [0.15, 0.2) is 48.5 Å². The summed E-state index contributed by atoms with van der Waals surface area (Å²) in [6.07, 6.45) is 0. The van der Waals surface area contributed by atoms with Crippen molar-refractivity contribution in [2.75, 3.05) is 38.5 Å². The first-order chi connectivity index (χ1) is 13.4. The van der Waals surface area contributed by atoms with Gasteiger partial charge in [-0.1, -0.05) is 42.5 Å². The number of likely N-dealkylation sites (N-methyl/N-ethyl adjacent to an activating group) is 1. The maximum atomic E-state index is 5.66. The molecular formula is C23H32N4S. The first-order valence-electron chi connectivity index (χ1n) is 10.1. The molecule has 2 aromatic carbocycles. The number of aryl methyl sites for hydroxylation is 2. The molecule has 0 aliphatic carbocycles. The van der Waals surface area contributed by atoms with Gasteiger partial charge in [-0.2, -0.15) is 0 Å². The Balaban J connectivity index is 1.72. The van der Waals surface area contributed by atoms with Crippen LogP contribution in [0.25, 0.3) is 0 Å². The van der Waals surface area contributed by atoms with Gasteiger partial charge in [0.25, 0.3) is 0 Å². The number of hydrogen-bond acceptors (Lipinski definition) is 3. The monoisotopic (exact) mass is 396 g/mol. The van der Waals surface area contributed by atoms with Gasteiger partial charge in [0, 0.05) is 37.9 Å².